The van der Waals surface area contributed by atoms with Crippen LogP contribution < -0.4 is 10.1 Å². The Kier molecular flexibility index (Phi) is 8.24. The molecule has 1 rings (SSSR count). The summed E-state index contributed by atoms with van der Waals surface area (Å²) in [5.74, 6) is 1.06. The molecule has 0 aliphatic carbocycles. The molecule has 1 aromatic carbocycles. The first kappa shape index (κ1) is 17.5. The highest BCUT2D eigenvalue weighted by Gasteiger charge is 2.12. The topological polar surface area (TPSA) is 21.3 Å². The Hall–Kier alpha value is -0.540. The van der Waals surface area contributed by atoms with Crippen LogP contribution in [0.2, 0.25) is 0 Å². The van der Waals surface area contributed by atoms with Gasteiger partial charge in [-0.15, -0.1) is 0 Å². The van der Waals surface area contributed by atoms with Crippen LogP contribution in [0.5, 0.6) is 5.75 Å². The van der Waals surface area contributed by atoms with E-state index in [0.29, 0.717) is 0 Å². The monoisotopic (exact) mass is 341 g/mol. The van der Waals surface area contributed by atoms with Gasteiger partial charge in [-0.2, -0.15) is 0 Å². The van der Waals surface area contributed by atoms with Crippen LogP contribution in [-0.2, 0) is 6.42 Å². The molecule has 0 aliphatic rings. The SMILES string of the molecule is CCCNCCCCCc1c(C)c(Br)cc(C)c1OC. The number of unbranched alkanes of at least 4 members (excludes halogenated alkanes) is 2. The van der Waals surface area contributed by atoms with Gasteiger partial charge < -0.3 is 10.1 Å². The Bertz CT molecular complexity index is 418. The molecule has 0 atom stereocenters. The van der Waals surface area contributed by atoms with E-state index in [1.165, 1.54) is 46.8 Å². The van der Waals surface area contributed by atoms with Crippen molar-refractivity contribution >= 4 is 15.9 Å². The lowest BCUT2D eigenvalue weighted by atomic mass is 9.98. The van der Waals surface area contributed by atoms with Crippen molar-refractivity contribution in [3.05, 3.63) is 27.2 Å². The van der Waals surface area contributed by atoms with Crippen LogP contribution >= 0.6 is 15.9 Å². The number of methoxy groups -OCH3 is 1. The molecule has 1 N–H and O–H groups in total. The largest absolute Gasteiger partial charge is 0.496 e. The smallest absolute Gasteiger partial charge is 0.125 e. The van der Waals surface area contributed by atoms with Gasteiger partial charge in [-0.25, -0.2) is 0 Å². The minimum absolute atomic E-state index is 1.06. The molecule has 0 unspecified atom stereocenters. The molecule has 0 aromatic heterocycles. The molecule has 0 saturated heterocycles. The minimum Gasteiger partial charge on any atom is -0.496 e. The van der Waals surface area contributed by atoms with E-state index < -0.39 is 0 Å². The molecule has 0 spiro atoms. The van der Waals surface area contributed by atoms with Gasteiger partial charge in [0.1, 0.15) is 5.75 Å². The summed E-state index contributed by atoms with van der Waals surface area (Å²) in [7, 11) is 1.77. The number of benzene rings is 1. The molecule has 3 heteroatoms. The summed E-state index contributed by atoms with van der Waals surface area (Å²) in [6, 6.07) is 2.15. The lowest BCUT2D eigenvalue weighted by Crippen LogP contribution is -2.15. The molecule has 0 radical (unpaired) electrons. The first-order valence-corrected chi connectivity index (χ1v) is 8.44. The third kappa shape index (κ3) is 5.10. The summed E-state index contributed by atoms with van der Waals surface area (Å²) in [5, 5.41) is 3.45. The first-order chi connectivity index (χ1) is 9.61. The summed E-state index contributed by atoms with van der Waals surface area (Å²) < 4.78 is 6.78. The number of ether oxygens (including phenoxy) is 1. The van der Waals surface area contributed by atoms with Crippen molar-refractivity contribution in [3.63, 3.8) is 0 Å². The standard InChI is InChI=1S/C17H28BrNO/c1-5-10-19-11-8-6-7-9-15-14(3)16(18)12-13(2)17(15)20-4/h12,19H,5-11H2,1-4H3. The van der Waals surface area contributed by atoms with E-state index in [9.17, 15) is 0 Å². The predicted molar refractivity (Wildman–Crippen MR) is 90.9 cm³/mol. The van der Waals surface area contributed by atoms with Gasteiger partial charge in [0.15, 0.2) is 0 Å². The molecule has 1 aromatic rings. The molecule has 0 bridgehead atoms. The van der Waals surface area contributed by atoms with Gasteiger partial charge in [-0.3, -0.25) is 0 Å². The second kappa shape index (κ2) is 9.41. The predicted octanol–water partition coefficient (Wildman–Crippen LogP) is 4.79. The number of halogens is 1. The Morgan fingerprint density at radius 3 is 2.55 bits per heavy atom. The highest BCUT2D eigenvalue weighted by atomic mass is 79.9. The summed E-state index contributed by atoms with van der Waals surface area (Å²) in [6.45, 7) is 8.77. The molecule has 2 nitrogen and oxygen atoms in total. The summed E-state index contributed by atoms with van der Waals surface area (Å²) >= 11 is 3.65. The van der Waals surface area contributed by atoms with Gasteiger partial charge in [0.05, 0.1) is 7.11 Å². The van der Waals surface area contributed by atoms with E-state index >= 15 is 0 Å². The molecular weight excluding hydrogens is 314 g/mol. The van der Waals surface area contributed by atoms with Crippen molar-refractivity contribution in [2.75, 3.05) is 20.2 Å². The van der Waals surface area contributed by atoms with Crippen LogP contribution in [0.4, 0.5) is 0 Å². The summed E-state index contributed by atoms with van der Waals surface area (Å²) in [6.07, 6.45) is 6.07. The minimum atomic E-state index is 1.06. The van der Waals surface area contributed by atoms with E-state index in [2.05, 4.69) is 48.1 Å². The Morgan fingerprint density at radius 1 is 1.15 bits per heavy atom. The zero-order valence-corrected chi connectivity index (χ0v) is 14.9. The number of nitrogens with one attached hydrogen (secondary N) is 1. The average Bonchev–Trinajstić information content (AvgIpc) is 2.43. The quantitative estimate of drug-likeness (QED) is 0.652. The van der Waals surface area contributed by atoms with Crippen LogP contribution in [-0.4, -0.2) is 20.2 Å². The van der Waals surface area contributed by atoms with Crippen LogP contribution in [0.3, 0.4) is 0 Å². The van der Waals surface area contributed by atoms with Crippen molar-refractivity contribution < 1.29 is 4.74 Å². The third-order valence-corrected chi connectivity index (χ3v) is 4.52. The molecule has 20 heavy (non-hydrogen) atoms. The van der Waals surface area contributed by atoms with Gasteiger partial charge in [-0.05, 0) is 75.4 Å². The fourth-order valence-corrected chi connectivity index (χ4v) is 3.11. The number of hydrogen-bond acceptors (Lipinski definition) is 2. The van der Waals surface area contributed by atoms with Crippen molar-refractivity contribution in [1.29, 1.82) is 0 Å². The van der Waals surface area contributed by atoms with Crippen LogP contribution in [0.15, 0.2) is 10.5 Å². The number of rotatable bonds is 9. The van der Waals surface area contributed by atoms with E-state index in [-0.39, 0.29) is 0 Å². The van der Waals surface area contributed by atoms with Crippen LogP contribution in [0.25, 0.3) is 0 Å². The fourth-order valence-electron chi connectivity index (χ4n) is 2.53. The van der Waals surface area contributed by atoms with Gasteiger partial charge >= 0.3 is 0 Å². The molecular formula is C17H28BrNO. The maximum Gasteiger partial charge on any atom is 0.125 e. The second-order valence-electron chi connectivity index (χ2n) is 5.37. The summed E-state index contributed by atoms with van der Waals surface area (Å²) in [4.78, 5) is 0. The van der Waals surface area contributed by atoms with Crippen LogP contribution in [0.1, 0.15) is 49.3 Å². The third-order valence-electron chi connectivity index (χ3n) is 3.70. The lowest BCUT2D eigenvalue weighted by molar-refractivity contribution is 0.405. The van der Waals surface area contributed by atoms with Crippen LogP contribution in [0, 0.1) is 13.8 Å². The second-order valence-corrected chi connectivity index (χ2v) is 6.23. The number of aryl methyl sites for hydroxylation is 1. The highest BCUT2D eigenvalue weighted by molar-refractivity contribution is 9.10. The number of hydrogen-bond donors (Lipinski definition) is 1. The summed E-state index contributed by atoms with van der Waals surface area (Å²) in [5.41, 5.74) is 3.89. The van der Waals surface area contributed by atoms with Crippen molar-refractivity contribution in [1.82, 2.24) is 5.32 Å². The van der Waals surface area contributed by atoms with E-state index in [0.717, 1.165) is 25.3 Å². The normalized spacial score (nSPS) is 10.8. The fraction of sp³-hybridized carbons (Fsp3) is 0.647. The molecule has 0 amide bonds. The maximum absolute atomic E-state index is 5.59. The lowest BCUT2D eigenvalue weighted by Gasteiger charge is -2.16. The van der Waals surface area contributed by atoms with Gasteiger partial charge in [0, 0.05) is 4.47 Å². The van der Waals surface area contributed by atoms with Crippen molar-refractivity contribution in [2.24, 2.45) is 0 Å². The zero-order chi connectivity index (χ0) is 15.0. The molecule has 0 aliphatic heterocycles. The average molecular weight is 342 g/mol. The van der Waals surface area contributed by atoms with Crippen molar-refractivity contribution in [3.8, 4) is 5.75 Å². The van der Waals surface area contributed by atoms with Gasteiger partial charge in [0.25, 0.3) is 0 Å². The molecule has 0 fully saturated rings. The zero-order valence-electron chi connectivity index (χ0n) is 13.3. The highest BCUT2D eigenvalue weighted by Crippen LogP contribution is 2.33. The van der Waals surface area contributed by atoms with Crippen molar-refractivity contribution in [2.45, 2.75) is 52.9 Å². The van der Waals surface area contributed by atoms with Gasteiger partial charge in [-0.1, -0.05) is 29.3 Å². The Morgan fingerprint density at radius 2 is 1.90 bits per heavy atom. The maximum atomic E-state index is 5.59. The first-order valence-electron chi connectivity index (χ1n) is 7.65. The van der Waals surface area contributed by atoms with E-state index in [1.807, 2.05) is 0 Å². The Balaban J connectivity index is 2.51. The van der Waals surface area contributed by atoms with Gasteiger partial charge in [0.2, 0.25) is 0 Å². The molecule has 114 valence electrons. The molecule has 0 heterocycles. The van der Waals surface area contributed by atoms with E-state index in [4.69, 9.17) is 4.74 Å². The molecule has 0 saturated carbocycles. The van der Waals surface area contributed by atoms with E-state index in [1.54, 1.807) is 7.11 Å². The Labute approximate surface area is 132 Å².